The minimum absolute atomic E-state index is 0. The maximum atomic E-state index is 10.1. The van der Waals surface area contributed by atoms with Crippen molar-refractivity contribution in [3.8, 4) is 0 Å². The van der Waals surface area contributed by atoms with Crippen molar-refractivity contribution < 1.29 is 86.2 Å². The van der Waals surface area contributed by atoms with Gasteiger partial charge in [0.1, 0.15) is 5.60 Å². The fourth-order valence-electron chi connectivity index (χ4n) is 0.684. The predicted octanol–water partition coefficient (Wildman–Crippen LogP) is -8.25. The number of carboxylic acids is 3. The van der Waals surface area contributed by atoms with Crippen molar-refractivity contribution in [2.75, 3.05) is 0 Å². The van der Waals surface area contributed by atoms with Gasteiger partial charge in [0.2, 0.25) is 0 Å². The largest absolute Gasteiger partial charge is 1.00 e. The number of hydrogen-bond donors (Lipinski definition) is 1. The van der Waals surface area contributed by atoms with E-state index in [1.807, 2.05) is 0 Å². The van der Waals surface area contributed by atoms with Gasteiger partial charge in [0.05, 0.1) is 5.97 Å². The Labute approximate surface area is 121 Å². The van der Waals surface area contributed by atoms with E-state index in [0.29, 0.717) is 0 Å². The van der Waals surface area contributed by atoms with Gasteiger partial charge in [-0.05, 0) is 0 Å². The number of carbonyl (C=O) groups excluding carboxylic acids is 3. The van der Waals surface area contributed by atoms with Crippen molar-refractivity contribution in [3.05, 3.63) is 0 Å². The van der Waals surface area contributed by atoms with Crippen molar-refractivity contribution in [1.29, 1.82) is 0 Å². The SMILES string of the molecule is O=C([O-])CC(O)(CC(=O)[O-])C(=O)[O-].[K+]. The van der Waals surface area contributed by atoms with Gasteiger partial charge in [0, 0.05) is 24.8 Å². The normalized spacial score (nSPS) is 10.1. The van der Waals surface area contributed by atoms with E-state index in [1.54, 1.807) is 0 Å². The summed E-state index contributed by atoms with van der Waals surface area (Å²) in [4.78, 5) is 30.0. The third-order valence-corrected chi connectivity index (χ3v) is 1.25. The van der Waals surface area contributed by atoms with Crippen LogP contribution in [-0.2, 0) is 14.4 Å². The summed E-state index contributed by atoms with van der Waals surface area (Å²) in [7, 11) is 0. The molecule has 0 aromatic rings. The molecule has 1 N–H and O–H groups in total. The smallest absolute Gasteiger partial charge is 0.550 e. The van der Waals surface area contributed by atoms with Gasteiger partial charge in [-0.2, -0.15) is 0 Å². The molecule has 0 atom stereocenters. The van der Waals surface area contributed by atoms with Gasteiger partial charge in [-0.15, -0.1) is 0 Å². The molecule has 0 heterocycles. The third kappa shape index (κ3) is 5.68. The van der Waals surface area contributed by atoms with E-state index in [2.05, 4.69) is 0 Å². The Balaban J connectivity index is 0. The number of rotatable bonds is 5. The average Bonchev–Trinajstić information content (AvgIpc) is 1.82. The molecule has 0 spiro atoms. The number of carbonyl (C=O) groups is 3. The van der Waals surface area contributed by atoms with Crippen LogP contribution in [0.1, 0.15) is 12.8 Å². The van der Waals surface area contributed by atoms with Crippen LogP contribution in [0.25, 0.3) is 0 Å². The summed E-state index contributed by atoms with van der Waals surface area (Å²) in [6.45, 7) is 0. The summed E-state index contributed by atoms with van der Waals surface area (Å²) >= 11 is 0. The van der Waals surface area contributed by atoms with Gasteiger partial charge in [-0.1, -0.05) is 0 Å². The molecule has 14 heavy (non-hydrogen) atoms. The van der Waals surface area contributed by atoms with E-state index >= 15 is 0 Å². The van der Waals surface area contributed by atoms with Gasteiger partial charge in [-0.25, -0.2) is 0 Å². The molecular formula is C6H5KO7-2. The van der Waals surface area contributed by atoms with Gasteiger partial charge >= 0.3 is 51.4 Å². The summed E-state index contributed by atoms with van der Waals surface area (Å²) in [6.07, 6.45) is -2.72. The van der Waals surface area contributed by atoms with E-state index in [4.69, 9.17) is 5.11 Å². The molecule has 0 amide bonds. The number of aliphatic hydroxyl groups is 1. The molecule has 0 saturated carbocycles. The molecule has 0 unspecified atom stereocenters. The van der Waals surface area contributed by atoms with Gasteiger partial charge in [-0.3, -0.25) is 0 Å². The molecule has 0 radical (unpaired) electrons. The Morgan fingerprint density at radius 3 is 1.43 bits per heavy atom. The van der Waals surface area contributed by atoms with Crippen molar-refractivity contribution >= 4 is 17.9 Å². The van der Waals surface area contributed by atoms with E-state index in [1.165, 1.54) is 0 Å². The quantitative estimate of drug-likeness (QED) is 0.460. The first-order valence-electron chi connectivity index (χ1n) is 3.11. The summed E-state index contributed by atoms with van der Waals surface area (Å²) in [6, 6.07) is 0. The molecule has 0 aliphatic carbocycles. The molecular weight excluding hydrogens is 223 g/mol. The standard InChI is InChI=1S/C6H8O7.K/c7-3(8)1-6(13,5(11)12)2-4(9)10;/h13H,1-2H2,(H,7,8)(H,9,10)(H,11,12);/q;+1/p-3. The van der Waals surface area contributed by atoms with Crippen LogP contribution in [0.15, 0.2) is 0 Å². The molecule has 74 valence electrons. The minimum Gasteiger partial charge on any atom is -0.550 e. The Hall–Kier alpha value is 0.00636. The maximum Gasteiger partial charge on any atom is 1.00 e. The number of aliphatic carboxylic acids is 3. The maximum absolute atomic E-state index is 10.1. The molecule has 0 aromatic heterocycles. The van der Waals surface area contributed by atoms with Crippen molar-refractivity contribution in [2.45, 2.75) is 18.4 Å². The Morgan fingerprint density at radius 2 is 1.29 bits per heavy atom. The zero-order chi connectivity index (χ0) is 10.6. The van der Waals surface area contributed by atoms with Crippen LogP contribution < -0.4 is 66.7 Å². The fraction of sp³-hybridized carbons (Fsp3) is 0.500. The Kier molecular flexibility index (Phi) is 7.61. The van der Waals surface area contributed by atoms with Crippen LogP contribution in [0.2, 0.25) is 0 Å². The molecule has 0 aliphatic heterocycles. The molecule has 0 fully saturated rings. The summed E-state index contributed by atoms with van der Waals surface area (Å²) in [5.41, 5.74) is -2.97. The number of hydrogen-bond acceptors (Lipinski definition) is 7. The molecule has 8 heteroatoms. The molecule has 0 rings (SSSR count). The fourth-order valence-corrected chi connectivity index (χ4v) is 0.684. The van der Waals surface area contributed by atoms with E-state index in [9.17, 15) is 29.7 Å². The summed E-state index contributed by atoms with van der Waals surface area (Å²) < 4.78 is 0. The topological polar surface area (TPSA) is 141 Å². The van der Waals surface area contributed by atoms with Crippen LogP contribution in [0.3, 0.4) is 0 Å². The van der Waals surface area contributed by atoms with Crippen molar-refractivity contribution in [1.82, 2.24) is 0 Å². The van der Waals surface area contributed by atoms with Gasteiger partial charge in [0.25, 0.3) is 0 Å². The average molecular weight is 228 g/mol. The van der Waals surface area contributed by atoms with Crippen LogP contribution in [0.4, 0.5) is 0 Å². The van der Waals surface area contributed by atoms with Crippen molar-refractivity contribution in [2.24, 2.45) is 0 Å². The van der Waals surface area contributed by atoms with Crippen LogP contribution in [0.5, 0.6) is 0 Å². The van der Waals surface area contributed by atoms with Crippen molar-refractivity contribution in [3.63, 3.8) is 0 Å². The third-order valence-electron chi connectivity index (χ3n) is 1.25. The zero-order valence-electron chi connectivity index (χ0n) is 7.31. The minimum atomic E-state index is -2.97. The van der Waals surface area contributed by atoms with Crippen LogP contribution >= 0.6 is 0 Å². The Bertz CT molecular complexity index is 233. The predicted molar refractivity (Wildman–Crippen MR) is 29.2 cm³/mol. The second-order valence-electron chi connectivity index (χ2n) is 2.42. The zero-order valence-corrected chi connectivity index (χ0v) is 10.4. The summed E-state index contributed by atoms with van der Waals surface area (Å²) in [5, 5.41) is 38.9. The van der Waals surface area contributed by atoms with Gasteiger partial charge in [0.15, 0.2) is 0 Å². The summed E-state index contributed by atoms with van der Waals surface area (Å²) in [5.74, 6) is -5.98. The Morgan fingerprint density at radius 1 is 1.00 bits per heavy atom. The molecule has 0 aliphatic rings. The molecule has 0 bridgehead atoms. The first-order valence-corrected chi connectivity index (χ1v) is 3.11. The monoisotopic (exact) mass is 228 g/mol. The van der Waals surface area contributed by atoms with E-state index in [-0.39, 0.29) is 51.4 Å². The van der Waals surface area contributed by atoms with E-state index < -0.39 is 36.4 Å². The van der Waals surface area contributed by atoms with E-state index in [0.717, 1.165) is 0 Å². The molecule has 7 nitrogen and oxygen atoms in total. The second-order valence-corrected chi connectivity index (χ2v) is 2.42. The first kappa shape index (κ1) is 16.4. The molecule has 0 saturated heterocycles. The van der Waals surface area contributed by atoms with Crippen LogP contribution in [-0.4, -0.2) is 28.6 Å². The van der Waals surface area contributed by atoms with Crippen LogP contribution in [0, 0.1) is 0 Å². The first-order chi connectivity index (χ1) is 5.78. The second kappa shape index (κ2) is 6.48. The van der Waals surface area contributed by atoms with Gasteiger partial charge < -0.3 is 34.8 Å². The molecule has 0 aromatic carbocycles. The number of carboxylic acid groups (broad SMARTS) is 3.